The lowest BCUT2D eigenvalue weighted by Crippen LogP contribution is -2.35. The van der Waals surface area contributed by atoms with E-state index >= 15 is 0 Å². The van der Waals surface area contributed by atoms with Crippen LogP contribution in [0, 0.1) is 11.8 Å². The van der Waals surface area contributed by atoms with Crippen molar-refractivity contribution in [2.24, 2.45) is 11.8 Å². The van der Waals surface area contributed by atoms with Crippen LogP contribution >= 0.6 is 0 Å². The molecule has 1 rings (SSSR count). The van der Waals surface area contributed by atoms with Gasteiger partial charge in [0.2, 0.25) is 5.91 Å². The lowest BCUT2D eigenvalue weighted by molar-refractivity contribution is -0.140. The van der Waals surface area contributed by atoms with Crippen molar-refractivity contribution in [3.63, 3.8) is 0 Å². The Kier molecular flexibility index (Phi) is 4.08. The largest absolute Gasteiger partial charge is 0.481 e. The first-order valence-corrected chi connectivity index (χ1v) is 5.08. The number of amides is 1. The average Bonchev–Trinajstić information content (AvgIpc) is 2.93. The van der Waals surface area contributed by atoms with Crippen LogP contribution in [0.1, 0.15) is 19.8 Å². The first-order chi connectivity index (χ1) is 7.06. The van der Waals surface area contributed by atoms with Crippen molar-refractivity contribution in [2.45, 2.75) is 25.8 Å². The molecule has 0 saturated heterocycles. The van der Waals surface area contributed by atoms with Crippen LogP contribution in [-0.4, -0.2) is 36.7 Å². The van der Waals surface area contributed by atoms with Crippen LogP contribution in [0.3, 0.4) is 0 Å². The first-order valence-electron chi connectivity index (χ1n) is 5.08. The monoisotopic (exact) mass is 215 g/mol. The molecule has 0 aromatic heterocycles. The molecule has 0 radical (unpaired) electrons. The van der Waals surface area contributed by atoms with Crippen LogP contribution in [0.2, 0.25) is 0 Å². The van der Waals surface area contributed by atoms with Gasteiger partial charge in [0.1, 0.15) is 0 Å². The van der Waals surface area contributed by atoms with Crippen LogP contribution in [0.15, 0.2) is 0 Å². The van der Waals surface area contributed by atoms with Crippen molar-refractivity contribution in [1.82, 2.24) is 5.32 Å². The van der Waals surface area contributed by atoms with Crippen molar-refractivity contribution in [2.75, 3.05) is 13.7 Å². The first kappa shape index (κ1) is 12.0. The Balaban J connectivity index is 2.22. The fraction of sp³-hybridized carbons (Fsp3) is 0.800. The minimum Gasteiger partial charge on any atom is -0.481 e. The third-order valence-electron chi connectivity index (χ3n) is 2.59. The Bertz CT molecular complexity index is 254. The van der Waals surface area contributed by atoms with E-state index in [0.29, 0.717) is 13.0 Å². The fourth-order valence-electron chi connectivity index (χ4n) is 1.47. The average molecular weight is 215 g/mol. The van der Waals surface area contributed by atoms with E-state index in [1.165, 1.54) is 0 Å². The maximum atomic E-state index is 11.5. The van der Waals surface area contributed by atoms with Crippen molar-refractivity contribution in [1.29, 1.82) is 0 Å². The molecule has 15 heavy (non-hydrogen) atoms. The van der Waals surface area contributed by atoms with E-state index in [-0.39, 0.29) is 17.9 Å². The summed E-state index contributed by atoms with van der Waals surface area (Å²) < 4.78 is 4.88. The normalized spacial score (nSPS) is 25.7. The number of hydrogen-bond acceptors (Lipinski definition) is 3. The molecule has 86 valence electrons. The highest BCUT2D eigenvalue weighted by molar-refractivity contribution is 5.89. The van der Waals surface area contributed by atoms with Gasteiger partial charge in [0.15, 0.2) is 0 Å². The number of aliphatic carboxylic acids is 1. The number of nitrogens with one attached hydrogen (secondary N) is 1. The van der Waals surface area contributed by atoms with Gasteiger partial charge in [-0.15, -0.1) is 0 Å². The van der Waals surface area contributed by atoms with Gasteiger partial charge in [-0.3, -0.25) is 9.59 Å². The molecule has 1 amide bonds. The van der Waals surface area contributed by atoms with Crippen LogP contribution in [0.5, 0.6) is 0 Å². The number of methoxy groups -OCH3 is 1. The van der Waals surface area contributed by atoms with E-state index in [9.17, 15) is 9.59 Å². The number of ether oxygens (including phenoxy) is 1. The van der Waals surface area contributed by atoms with E-state index in [1.807, 2.05) is 6.92 Å². The minimum atomic E-state index is -0.875. The highest BCUT2D eigenvalue weighted by atomic mass is 16.5. The maximum Gasteiger partial charge on any atom is 0.307 e. The van der Waals surface area contributed by atoms with Gasteiger partial charge in [0, 0.05) is 19.8 Å². The number of hydrogen-bond donors (Lipinski definition) is 2. The molecule has 0 spiro atoms. The summed E-state index contributed by atoms with van der Waals surface area (Å²) in [6.45, 7) is 2.48. The van der Waals surface area contributed by atoms with Crippen molar-refractivity contribution in [3.05, 3.63) is 0 Å². The van der Waals surface area contributed by atoms with E-state index in [1.54, 1.807) is 7.11 Å². The Morgan fingerprint density at radius 1 is 1.53 bits per heavy atom. The molecule has 2 N–H and O–H groups in total. The lowest BCUT2D eigenvalue weighted by atomic mass is 10.2. The number of rotatable bonds is 6. The third-order valence-corrected chi connectivity index (χ3v) is 2.59. The number of carboxylic acids is 1. The predicted octanol–water partition coefficient (Wildman–Crippen LogP) is 0.248. The summed E-state index contributed by atoms with van der Waals surface area (Å²) in [5.74, 6) is -1.82. The van der Waals surface area contributed by atoms with Gasteiger partial charge in [-0.2, -0.15) is 0 Å². The van der Waals surface area contributed by atoms with Crippen LogP contribution in [-0.2, 0) is 14.3 Å². The Hall–Kier alpha value is -1.10. The summed E-state index contributed by atoms with van der Waals surface area (Å²) in [5, 5.41) is 11.4. The molecular weight excluding hydrogens is 198 g/mol. The molecule has 0 aromatic rings. The summed E-state index contributed by atoms with van der Waals surface area (Å²) >= 11 is 0. The second-order valence-corrected chi connectivity index (χ2v) is 3.98. The maximum absolute atomic E-state index is 11.5. The van der Waals surface area contributed by atoms with Gasteiger partial charge >= 0.3 is 5.97 Å². The molecule has 0 bridgehead atoms. The summed E-state index contributed by atoms with van der Waals surface area (Å²) in [6, 6.07) is 0.0347. The summed E-state index contributed by atoms with van der Waals surface area (Å²) in [5.41, 5.74) is 0. The quantitative estimate of drug-likeness (QED) is 0.666. The van der Waals surface area contributed by atoms with E-state index in [0.717, 1.165) is 6.42 Å². The fourth-order valence-corrected chi connectivity index (χ4v) is 1.47. The molecule has 1 aliphatic carbocycles. The van der Waals surface area contributed by atoms with E-state index in [4.69, 9.17) is 9.84 Å². The molecule has 1 fully saturated rings. The third kappa shape index (κ3) is 3.51. The minimum absolute atomic E-state index is 0.0347. The van der Waals surface area contributed by atoms with Crippen LogP contribution in [0.25, 0.3) is 0 Å². The second-order valence-electron chi connectivity index (χ2n) is 3.98. The van der Waals surface area contributed by atoms with Crippen molar-refractivity contribution in [3.8, 4) is 0 Å². The molecule has 1 aliphatic rings. The molecule has 0 aromatic carbocycles. The van der Waals surface area contributed by atoms with Gasteiger partial charge in [-0.25, -0.2) is 0 Å². The predicted molar refractivity (Wildman–Crippen MR) is 53.3 cm³/mol. The lowest BCUT2D eigenvalue weighted by Gasteiger charge is -2.12. The SMILES string of the molecule is COCCC(C)NC(=O)[C@@H]1C[C@@H]1C(=O)O. The molecule has 5 heteroatoms. The van der Waals surface area contributed by atoms with Gasteiger partial charge in [0.05, 0.1) is 11.8 Å². The Morgan fingerprint density at radius 3 is 2.67 bits per heavy atom. The molecule has 5 nitrogen and oxygen atoms in total. The van der Waals surface area contributed by atoms with Crippen molar-refractivity contribution >= 4 is 11.9 Å². The van der Waals surface area contributed by atoms with E-state index < -0.39 is 11.9 Å². The van der Waals surface area contributed by atoms with Gasteiger partial charge in [-0.1, -0.05) is 0 Å². The molecule has 3 atom stereocenters. The van der Waals surface area contributed by atoms with Crippen LogP contribution < -0.4 is 5.32 Å². The number of carbonyl (C=O) groups is 2. The Morgan fingerprint density at radius 2 is 2.20 bits per heavy atom. The summed E-state index contributed by atoms with van der Waals surface area (Å²) in [6.07, 6.45) is 1.21. The number of carbonyl (C=O) groups excluding carboxylic acids is 1. The molecule has 1 saturated carbocycles. The zero-order chi connectivity index (χ0) is 11.4. The number of carboxylic acid groups (broad SMARTS) is 1. The van der Waals surface area contributed by atoms with Gasteiger partial charge < -0.3 is 15.2 Å². The highest BCUT2D eigenvalue weighted by Gasteiger charge is 2.48. The second kappa shape index (κ2) is 5.11. The zero-order valence-electron chi connectivity index (χ0n) is 9.03. The van der Waals surface area contributed by atoms with Gasteiger partial charge in [0.25, 0.3) is 0 Å². The smallest absolute Gasteiger partial charge is 0.307 e. The molecule has 0 aliphatic heterocycles. The van der Waals surface area contributed by atoms with E-state index in [2.05, 4.69) is 5.32 Å². The van der Waals surface area contributed by atoms with Crippen LogP contribution in [0.4, 0.5) is 0 Å². The summed E-state index contributed by atoms with van der Waals surface area (Å²) in [7, 11) is 1.61. The van der Waals surface area contributed by atoms with Crippen molar-refractivity contribution < 1.29 is 19.4 Å². The molecule has 0 heterocycles. The Labute approximate surface area is 88.8 Å². The molecule has 1 unspecified atom stereocenters. The topological polar surface area (TPSA) is 75.6 Å². The molecular formula is C10H17NO4. The summed E-state index contributed by atoms with van der Waals surface area (Å²) in [4.78, 5) is 22.0. The highest BCUT2D eigenvalue weighted by Crippen LogP contribution is 2.38. The standard InChI is InChI=1S/C10H17NO4/c1-6(3-4-15-2)11-9(12)7-5-8(7)10(13)14/h6-8H,3-5H2,1-2H3,(H,11,12)(H,13,14)/t6?,7-,8+/m1/s1. The zero-order valence-corrected chi connectivity index (χ0v) is 9.03. The van der Waals surface area contributed by atoms with Gasteiger partial charge in [-0.05, 0) is 19.8 Å².